The lowest BCUT2D eigenvalue weighted by molar-refractivity contribution is 0.0520. The van der Waals surface area contributed by atoms with Crippen LogP contribution in [0.3, 0.4) is 0 Å². The molecule has 0 bridgehead atoms. The van der Waals surface area contributed by atoms with E-state index in [0.29, 0.717) is 12.3 Å². The zero-order chi connectivity index (χ0) is 13.7. The van der Waals surface area contributed by atoms with Gasteiger partial charge in [0.25, 0.3) is 0 Å². The third-order valence-electron chi connectivity index (χ3n) is 2.44. The molecule has 0 aliphatic heterocycles. The zero-order valence-electron chi connectivity index (χ0n) is 10.9. The van der Waals surface area contributed by atoms with Gasteiger partial charge in [-0.25, -0.2) is 9.78 Å². The van der Waals surface area contributed by atoms with Crippen LogP contribution in [-0.2, 0) is 4.74 Å². The van der Waals surface area contributed by atoms with Gasteiger partial charge >= 0.3 is 5.97 Å². The molecular formula is C14H15N3O2. The van der Waals surface area contributed by atoms with Crippen LogP contribution in [0.5, 0.6) is 0 Å². The van der Waals surface area contributed by atoms with Crippen LogP contribution >= 0.6 is 0 Å². The van der Waals surface area contributed by atoms with E-state index >= 15 is 0 Å². The monoisotopic (exact) mass is 257 g/mol. The van der Waals surface area contributed by atoms with Crippen LogP contribution in [0.1, 0.15) is 23.1 Å². The summed E-state index contributed by atoms with van der Waals surface area (Å²) in [5, 5.41) is 3.11. The van der Waals surface area contributed by atoms with Crippen molar-refractivity contribution >= 4 is 17.3 Å². The summed E-state index contributed by atoms with van der Waals surface area (Å²) in [6, 6.07) is 7.32. The van der Waals surface area contributed by atoms with Gasteiger partial charge in [-0.05, 0) is 38.1 Å². The normalized spacial score (nSPS) is 10.0. The maximum absolute atomic E-state index is 11.9. The highest BCUT2D eigenvalue weighted by Gasteiger charge is 2.14. The average Bonchev–Trinajstić information content (AvgIpc) is 2.42. The molecule has 19 heavy (non-hydrogen) atoms. The van der Waals surface area contributed by atoms with Gasteiger partial charge in [-0.1, -0.05) is 0 Å². The Morgan fingerprint density at radius 3 is 2.89 bits per heavy atom. The van der Waals surface area contributed by atoms with Gasteiger partial charge in [0.05, 0.1) is 24.2 Å². The average molecular weight is 257 g/mol. The van der Waals surface area contributed by atoms with Crippen molar-refractivity contribution in [1.29, 1.82) is 0 Å². The molecule has 0 atom stereocenters. The molecule has 2 heterocycles. The standard InChI is InChI=1S/C14H15N3O2/c1-3-19-14(18)13-12(7-6-10(2)16-13)17-11-5-4-8-15-9-11/h4-9,17H,3H2,1-2H3. The van der Waals surface area contributed by atoms with Crippen molar-refractivity contribution in [3.8, 4) is 0 Å². The van der Waals surface area contributed by atoms with E-state index in [-0.39, 0.29) is 5.69 Å². The van der Waals surface area contributed by atoms with Crippen molar-refractivity contribution in [1.82, 2.24) is 9.97 Å². The second-order valence-corrected chi connectivity index (χ2v) is 3.94. The number of esters is 1. The number of aromatic nitrogens is 2. The van der Waals surface area contributed by atoms with E-state index in [1.807, 2.05) is 31.2 Å². The Morgan fingerprint density at radius 2 is 2.21 bits per heavy atom. The predicted octanol–water partition coefficient (Wildman–Crippen LogP) is 2.71. The molecule has 0 fully saturated rings. The number of hydrogen-bond acceptors (Lipinski definition) is 5. The summed E-state index contributed by atoms with van der Waals surface area (Å²) in [5.74, 6) is -0.433. The predicted molar refractivity (Wildman–Crippen MR) is 72.5 cm³/mol. The molecule has 0 aliphatic carbocycles. The van der Waals surface area contributed by atoms with Crippen molar-refractivity contribution in [2.75, 3.05) is 11.9 Å². The van der Waals surface area contributed by atoms with Crippen molar-refractivity contribution in [2.24, 2.45) is 0 Å². The fraction of sp³-hybridized carbons (Fsp3) is 0.214. The van der Waals surface area contributed by atoms with Crippen molar-refractivity contribution in [2.45, 2.75) is 13.8 Å². The van der Waals surface area contributed by atoms with E-state index < -0.39 is 5.97 Å². The molecule has 0 unspecified atom stereocenters. The Kier molecular flexibility index (Phi) is 4.07. The van der Waals surface area contributed by atoms with Gasteiger partial charge in [-0.2, -0.15) is 0 Å². The number of pyridine rings is 2. The number of carbonyl (C=O) groups is 1. The summed E-state index contributed by atoms with van der Waals surface area (Å²) in [7, 11) is 0. The van der Waals surface area contributed by atoms with Crippen molar-refractivity contribution in [3.05, 3.63) is 48.0 Å². The van der Waals surface area contributed by atoms with Gasteiger partial charge < -0.3 is 10.1 Å². The number of rotatable bonds is 4. The highest BCUT2D eigenvalue weighted by atomic mass is 16.5. The quantitative estimate of drug-likeness (QED) is 0.853. The summed E-state index contributed by atoms with van der Waals surface area (Å²) in [6.45, 7) is 3.92. The molecule has 1 N–H and O–H groups in total. The fourth-order valence-electron chi connectivity index (χ4n) is 1.60. The first-order chi connectivity index (χ1) is 9.20. The number of anilines is 2. The van der Waals surface area contributed by atoms with Gasteiger partial charge in [0.1, 0.15) is 0 Å². The smallest absolute Gasteiger partial charge is 0.359 e. The van der Waals surface area contributed by atoms with Crippen LogP contribution in [0.15, 0.2) is 36.7 Å². The first-order valence-corrected chi connectivity index (χ1v) is 6.02. The molecule has 0 amide bonds. The van der Waals surface area contributed by atoms with E-state index in [1.165, 1.54) is 0 Å². The Balaban J connectivity index is 2.32. The molecule has 0 radical (unpaired) electrons. The maximum Gasteiger partial charge on any atom is 0.359 e. The first kappa shape index (κ1) is 13.0. The second kappa shape index (κ2) is 5.95. The second-order valence-electron chi connectivity index (χ2n) is 3.94. The third-order valence-corrected chi connectivity index (χ3v) is 2.44. The molecular weight excluding hydrogens is 242 g/mol. The van der Waals surface area contributed by atoms with Crippen LogP contribution in [0, 0.1) is 6.92 Å². The minimum absolute atomic E-state index is 0.283. The maximum atomic E-state index is 11.9. The Morgan fingerprint density at radius 1 is 1.37 bits per heavy atom. The lowest BCUT2D eigenvalue weighted by Crippen LogP contribution is -2.11. The molecule has 0 aromatic carbocycles. The number of nitrogens with one attached hydrogen (secondary N) is 1. The molecule has 0 saturated heterocycles. The number of carbonyl (C=O) groups excluding carboxylic acids is 1. The lowest BCUT2D eigenvalue weighted by atomic mass is 10.2. The van der Waals surface area contributed by atoms with E-state index in [9.17, 15) is 4.79 Å². The minimum Gasteiger partial charge on any atom is -0.461 e. The minimum atomic E-state index is -0.433. The molecule has 5 nitrogen and oxygen atoms in total. The molecule has 2 rings (SSSR count). The number of nitrogens with zero attached hydrogens (tertiary/aromatic N) is 2. The summed E-state index contributed by atoms with van der Waals surface area (Å²) < 4.78 is 5.00. The number of aryl methyl sites for hydroxylation is 1. The van der Waals surface area contributed by atoms with Crippen LogP contribution in [0.2, 0.25) is 0 Å². The molecule has 0 saturated carbocycles. The third kappa shape index (κ3) is 3.28. The SMILES string of the molecule is CCOC(=O)c1nc(C)ccc1Nc1cccnc1. The highest BCUT2D eigenvalue weighted by Crippen LogP contribution is 2.20. The topological polar surface area (TPSA) is 64.1 Å². The Hall–Kier alpha value is -2.43. The van der Waals surface area contributed by atoms with Crippen molar-refractivity contribution < 1.29 is 9.53 Å². The van der Waals surface area contributed by atoms with Gasteiger partial charge in [-0.15, -0.1) is 0 Å². The van der Waals surface area contributed by atoms with E-state index in [2.05, 4.69) is 15.3 Å². The molecule has 0 aliphatic rings. The zero-order valence-corrected chi connectivity index (χ0v) is 10.9. The molecule has 2 aromatic rings. The van der Waals surface area contributed by atoms with Crippen LogP contribution in [-0.4, -0.2) is 22.5 Å². The van der Waals surface area contributed by atoms with Gasteiger partial charge in [0.2, 0.25) is 0 Å². The molecule has 2 aromatic heterocycles. The van der Waals surface area contributed by atoms with Crippen LogP contribution in [0.4, 0.5) is 11.4 Å². The summed E-state index contributed by atoms with van der Waals surface area (Å²) in [4.78, 5) is 20.1. The van der Waals surface area contributed by atoms with Crippen LogP contribution < -0.4 is 5.32 Å². The highest BCUT2D eigenvalue weighted by molar-refractivity contribution is 5.94. The Labute approximate surface area is 111 Å². The van der Waals surface area contributed by atoms with E-state index in [1.54, 1.807) is 19.3 Å². The van der Waals surface area contributed by atoms with Crippen molar-refractivity contribution in [3.63, 3.8) is 0 Å². The summed E-state index contributed by atoms with van der Waals surface area (Å²) in [5.41, 5.74) is 2.45. The fourth-order valence-corrected chi connectivity index (χ4v) is 1.60. The van der Waals surface area contributed by atoms with E-state index in [4.69, 9.17) is 4.74 Å². The summed E-state index contributed by atoms with van der Waals surface area (Å²) in [6.07, 6.45) is 3.36. The number of hydrogen-bond donors (Lipinski definition) is 1. The van der Waals surface area contributed by atoms with Gasteiger partial charge in [0.15, 0.2) is 5.69 Å². The Bertz CT molecular complexity index is 570. The van der Waals surface area contributed by atoms with Gasteiger partial charge in [-0.3, -0.25) is 4.98 Å². The molecule has 98 valence electrons. The molecule has 5 heteroatoms. The first-order valence-electron chi connectivity index (χ1n) is 6.02. The number of ether oxygens (including phenoxy) is 1. The summed E-state index contributed by atoms with van der Waals surface area (Å²) >= 11 is 0. The van der Waals surface area contributed by atoms with Crippen LogP contribution in [0.25, 0.3) is 0 Å². The largest absolute Gasteiger partial charge is 0.461 e. The molecule has 0 spiro atoms. The van der Waals surface area contributed by atoms with E-state index in [0.717, 1.165) is 11.4 Å². The van der Waals surface area contributed by atoms with Gasteiger partial charge in [0, 0.05) is 11.9 Å². The lowest BCUT2D eigenvalue weighted by Gasteiger charge is -2.10.